The predicted molar refractivity (Wildman–Crippen MR) is 49.9 cm³/mol. The van der Waals surface area contributed by atoms with Crippen molar-refractivity contribution in [2.24, 2.45) is 4.99 Å². The van der Waals surface area contributed by atoms with Crippen LogP contribution in [0.25, 0.3) is 0 Å². The number of amides is 1. The van der Waals surface area contributed by atoms with Crippen molar-refractivity contribution in [1.82, 2.24) is 15.2 Å². The molecule has 0 aromatic carbocycles. The molecule has 0 atom stereocenters. The monoisotopic (exact) mass is 188 g/mol. The number of aromatic nitrogens is 1. The zero-order chi connectivity index (χ0) is 9.54. The molecule has 5 nitrogen and oxygen atoms in total. The maximum Gasteiger partial charge on any atom is 0.246 e. The standard InChI is InChI=1S/C9H8N4O/c14-8-5-13-4-6-1-2-10-3-7(6)11-9(13)12-8/h1-3H,4-5H2,(H,11,12,14). The van der Waals surface area contributed by atoms with E-state index in [0.29, 0.717) is 12.5 Å². The quantitative estimate of drug-likeness (QED) is 0.624. The first-order valence-electron chi connectivity index (χ1n) is 4.39. The first-order chi connectivity index (χ1) is 6.83. The van der Waals surface area contributed by atoms with Crippen molar-refractivity contribution in [2.75, 3.05) is 6.54 Å². The maximum absolute atomic E-state index is 11.1. The van der Waals surface area contributed by atoms with E-state index in [1.54, 1.807) is 12.4 Å². The van der Waals surface area contributed by atoms with Gasteiger partial charge in [0.25, 0.3) is 0 Å². The van der Waals surface area contributed by atoms with Crippen LogP contribution in [0.15, 0.2) is 23.5 Å². The van der Waals surface area contributed by atoms with Crippen molar-refractivity contribution in [3.05, 3.63) is 24.0 Å². The Morgan fingerprint density at radius 2 is 2.36 bits per heavy atom. The van der Waals surface area contributed by atoms with Crippen LogP contribution < -0.4 is 5.32 Å². The number of pyridine rings is 1. The molecule has 0 radical (unpaired) electrons. The number of hydrogen-bond donors (Lipinski definition) is 1. The van der Waals surface area contributed by atoms with Gasteiger partial charge in [0.2, 0.25) is 11.9 Å². The first-order valence-corrected chi connectivity index (χ1v) is 4.39. The van der Waals surface area contributed by atoms with Crippen molar-refractivity contribution in [1.29, 1.82) is 0 Å². The van der Waals surface area contributed by atoms with E-state index >= 15 is 0 Å². The lowest BCUT2D eigenvalue weighted by Gasteiger charge is -2.21. The Morgan fingerprint density at radius 3 is 3.29 bits per heavy atom. The topological polar surface area (TPSA) is 57.6 Å². The third kappa shape index (κ3) is 0.985. The molecule has 1 saturated heterocycles. The number of nitrogens with zero attached hydrogens (tertiary/aromatic N) is 3. The van der Waals surface area contributed by atoms with Crippen LogP contribution in [0.4, 0.5) is 5.69 Å². The maximum atomic E-state index is 11.1. The molecule has 3 heterocycles. The molecule has 14 heavy (non-hydrogen) atoms. The van der Waals surface area contributed by atoms with Crippen molar-refractivity contribution in [3.63, 3.8) is 0 Å². The molecule has 1 fully saturated rings. The van der Waals surface area contributed by atoms with Gasteiger partial charge in [-0.15, -0.1) is 0 Å². The van der Waals surface area contributed by atoms with Crippen LogP contribution in [0.3, 0.4) is 0 Å². The highest BCUT2D eigenvalue weighted by Crippen LogP contribution is 2.25. The summed E-state index contributed by atoms with van der Waals surface area (Å²) >= 11 is 0. The summed E-state index contributed by atoms with van der Waals surface area (Å²) < 4.78 is 0. The highest BCUT2D eigenvalue weighted by molar-refractivity contribution is 6.05. The highest BCUT2D eigenvalue weighted by Gasteiger charge is 2.28. The van der Waals surface area contributed by atoms with Crippen molar-refractivity contribution < 1.29 is 4.79 Å². The molecule has 1 amide bonds. The van der Waals surface area contributed by atoms with E-state index in [1.165, 1.54) is 0 Å². The van der Waals surface area contributed by atoms with Gasteiger partial charge >= 0.3 is 0 Å². The Bertz CT molecular complexity index is 440. The Kier molecular flexibility index (Phi) is 1.36. The normalized spacial score (nSPS) is 18.4. The lowest BCUT2D eigenvalue weighted by molar-refractivity contribution is -0.118. The zero-order valence-electron chi connectivity index (χ0n) is 7.40. The van der Waals surface area contributed by atoms with E-state index < -0.39 is 0 Å². The summed E-state index contributed by atoms with van der Waals surface area (Å²) in [5.41, 5.74) is 1.96. The summed E-state index contributed by atoms with van der Waals surface area (Å²) in [6, 6.07) is 1.93. The molecule has 1 aromatic rings. The van der Waals surface area contributed by atoms with Crippen molar-refractivity contribution in [3.8, 4) is 0 Å². The van der Waals surface area contributed by atoms with Gasteiger partial charge in [0.15, 0.2) is 0 Å². The van der Waals surface area contributed by atoms with Gasteiger partial charge in [-0.25, -0.2) is 4.99 Å². The Labute approximate surface area is 80.5 Å². The third-order valence-electron chi connectivity index (χ3n) is 2.36. The molecule has 1 aromatic heterocycles. The van der Waals surface area contributed by atoms with Gasteiger partial charge in [0.1, 0.15) is 6.54 Å². The van der Waals surface area contributed by atoms with Gasteiger partial charge in [-0.05, 0) is 6.07 Å². The molecule has 1 N–H and O–H groups in total. The van der Waals surface area contributed by atoms with Gasteiger partial charge < -0.3 is 4.90 Å². The van der Waals surface area contributed by atoms with Gasteiger partial charge in [-0.2, -0.15) is 0 Å². The molecule has 0 bridgehead atoms. The summed E-state index contributed by atoms with van der Waals surface area (Å²) in [7, 11) is 0. The fourth-order valence-electron chi connectivity index (χ4n) is 1.69. The Morgan fingerprint density at radius 1 is 1.43 bits per heavy atom. The number of rotatable bonds is 0. The van der Waals surface area contributed by atoms with Crippen LogP contribution in [0, 0.1) is 0 Å². The highest BCUT2D eigenvalue weighted by atomic mass is 16.2. The number of nitrogens with one attached hydrogen (secondary N) is 1. The summed E-state index contributed by atoms with van der Waals surface area (Å²) in [5.74, 6) is 0.653. The summed E-state index contributed by atoms with van der Waals surface area (Å²) in [5, 5.41) is 2.71. The number of carbonyl (C=O) groups is 1. The Hall–Kier alpha value is -1.91. The molecule has 0 unspecified atom stereocenters. The molecular weight excluding hydrogens is 180 g/mol. The number of guanidine groups is 1. The molecule has 70 valence electrons. The van der Waals surface area contributed by atoms with Crippen molar-refractivity contribution in [2.45, 2.75) is 6.54 Å². The summed E-state index contributed by atoms with van der Waals surface area (Å²) in [6.07, 6.45) is 3.45. The van der Waals surface area contributed by atoms with Gasteiger partial charge in [0.05, 0.1) is 11.9 Å². The van der Waals surface area contributed by atoms with Gasteiger partial charge in [-0.1, -0.05) is 0 Å². The SMILES string of the molecule is O=C1CN2Cc3ccncc3N=C2N1. The molecule has 3 rings (SSSR count). The van der Waals surface area contributed by atoms with Crippen LogP contribution in [-0.2, 0) is 11.3 Å². The van der Waals surface area contributed by atoms with Crippen molar-refractivity contribution >= 4 is 17.6 Å². The number of aliphatic imine (C=N–C) groups is 1. The minimum Gasteiger partial charge on any atom is -0.329 e. The summed E-state index contributed by atoms with van der Waals surface area (Å²) in [4.78, 5) is 21.3. The van der Waals surface area contributed by atoms with E-state index in [-0.39, 0.29) is 5.91 Å². The molecule has 0 saturated carbocycles. The lowest BCUT2D eigenvalue weighted by Crippen LogP contribution is -2.31. The molecule has 0 spiro atoms. The second-order valence-corrected chi connectivity index (χ2v) is 3.34. The molecular formula is C9H8N4O. The second-order valence-electron chi connectivity index (χ2n) is 3.34. The number of fused-ring (bicyclic) bond motifs is 2. The van der Waals surface area contributed by atoms with E-state index in [0.717, 1.165) is 17.8 Å². The van der Waals surface area contributed by atoms with E-state index in [9.17, 15) is 4.79 Å². The average Bonchev–Trinajstić information content (AvgIpc) is 2.53. The van der Waals surface area contributed by atoms with E-state index in [4.69, 9.17) is 0 Å². The fraction of sp³-hybridized carbons (Fsp3) is 0.222. The van der Waals surface area contributed by atoms with Gasteiger partial charge in [-0.3, -0.25) is 15.1 Å². The Balaban J connectivity index is 2.07. The van der Waals surface area contributed by atoms with E-state index in [2.05, 4.69) is 15.3 Å². The minimum absolute atomic E-state index is 0.00418. The molecule has 5 heteroatoms. The first kappa shape index (κ1) is 7.49. The van der Waals surface area contributed by atoms with Crippen LogP contribution in [0.1, 0.15) is 5.56 Å². The number of carbonyl (C=O) groups excluding carboxylic acids is 1. The van der Waals surface area contributed by atoms with Crippen LogP contribution in [0.2, 0.25) is 0 Å². The van der Waals surface area contributed by atoms with E-state index in [1.807, 2.05) is 11.0 Å². The second kappa shape index (κ2) is 2.54. The summed E-state index contributed by atoms with van der Waals surface area (Å²) in [6.45, 7) is 1.13. The van der Waals surface area contributed by atoms with Gasteiger partial charge in [0, 0.05) is 18.3 Å². The van der Waals surface area contributed by atoms with Crippen LogP contribution >= 0.6 is 0 Å². The lowest BCUT2D eigenvalue weighted by atomic mass is 10.2. The third-order valence-corrected chi connectivity index (χ3v) is 2.36. The number of hydrogen-bond acceptors (Lipinski definition) is 4. The predicted octanol–water partition coefficient (Wildman–Crippen LogP) is 0.0145. The molecule has 0 aliphatic carbocycles. The molecule has 2 aliphatic heterocycles. The van der Waals surface area contributed by atoms with Crippen LogP contribution in [0.5, 0.6) is 0 Å². The molecule has 2 aliphatic rings. The average molecular weight is 188 g/mol. The minimum atomic E-state index is 0.00418. The zero-order valence-corrected chi connectivity index (χ0v) is 7.40. The smallest absolute Gasteiger partial charge is 0.246 e. The largest absolute Gasteiger partial charge is 0.329 e. The van der Waals surface area contributed by atoms with Crippen LogP contribution in [-0.4, -0.2) is 28.3 Å². The fourth-order valence-corrected chi connectivity index (χ4v) is 1.69.